The van der Waals surface area contributed by atoms with Gasteiger partial charge in [-0.2, -0.15) is 0 Å². The average molecular weight is 381 g/mol. The summed E-state index contributed by atoms with van der Waals surface area (Å²) in [4.78, 5) is 13.1. The van der Waals surface area contributed by atoms with E-state index in [0.717, 1.165) is 50.0 Å². The van der Waals surface area contributed by atoms with E-state index in [0.29, 0.717) is 5.95 Å². The van der Waals surface area contributed by atoms with E-state index < -0.39 is 0 Å². The van der Waals surface area contributed by atoms with E-state index in [1.54, 1.807) is 5.56 Å². The maximum absolute atomic E-state index is 13.0. The summed E-state index contributed by atoms with van der Waals surface area (Å²) in [6, 6.07) is 9.69. The molecule has 1 aliphatic heterocycles. The lowest BCUT2D eigenvalue weighted by atomic mass is 9.90. The monoisotopic (exact) mass is 380 g/mol. The number of hydrogen-bond donors (Lipinski definition) is 0. The van der Waals surface area contributed by atoms with Gasteiger partial charge in [-0.25, -0.2) is 14.4 Å². The van der Waals surface area contributed by atoms with E-state index in [1.807, 2.05) is 0 Å². The Kier molecular flexibility index (Phi) is 4.79. The highest BCUT2D eigenvalue weighted by molar-refractivity contribution is 5.31. The van der Waals surface area contributed by atoms with E-state index in [1.165, 1.54) is 43.6 Å². The summed E-state index contributed by atoms with van der Waals surface area (Å²) in [5.41, 5.74) is 3.05. The predicted molar refractivity (Wildman–Crippen MR) is 109 cm³/mol. The molecule has 1 aromatic heterocycles. The van der Waals surface area contributed by atoms with Gasteiger partial charge in [0.1, 0.15) is 0 Å². The van der Waals surface area contributed by atoms with Crippen molar-refractivity contribution >= 4 is 5.95 Å². The number of halogens is 1. The topological polar surface area (TPSA) is 32.3 Å². The highest BCUT2D eigenvalue weighted by Crippen LogP contribution is 2.52. The molecule has 0 bridgehead atoms. The molecule has 4 nitrogen and oxygen atoms in total. The number of hydrogen-bond acceptors (Lipinski definition) is 4. The number of rotatable bonds is 3. The molecule has 28 heavy (non-hydrogen) atoms. The molecule has 5 heteroatoms. The molecule has 2 aliphatic carbocycles. The molecule has 2 saturated carbocycles. The second-order valence-corrected chi connectivity index (χ2v) is 8.89. The highest BCUT2D eigenvalue weighted by atomic mass is 19.1. The van der Waals surface area contributed by atoms with Crippen LogP contribution in [-0.4, -0.2) is 47.1 Å². The smallest absolute Gasteiger partial charge is 0.225 e. The van der Waals surface area contributed by atoms with E-state index >= 15 is 0 Å². The van der Waals surface area contributed by atoms with Crippen molar-refractivity contribution in [2.45, 2.75) is 44.6 Å². The fraction of sp³-hybridized carbons (Fsp3) is 0.565. The normalized spacial score (nSPS) is 30.6. The first-order valence-corrected chi connectivity index (χ1v) is 10.7. The Labute approximate surface area is 166 Å². The zero-order valence-electron chi connectivity index (χ0n) is 16.6. The van der Waals surface area contributed by atoms with Crippen molar-refractivity contribution in [3.8, 4) is 0 Å². The van der Waals surface area contributed by atoms with Gasteiger partial charge >= 0.3 is 0 Å². The van der Waals surface area contributed by atoms with E-state index in [-0.39, 0.29) is 5.82 Å². The van der Waals surface area contributed by atoms with Gasteiger partial charge in [-0.3, -0.25) is 4.90 Å². The Morgan fingerprint density at radius 1 is 0.893 bits per heavy atom. The van der Waals surface area contributed by atoms with E-state index in [4.69, 9.17) is 0 Å². The number of aromatic nitrogens is 2. The van der Waals surface area contributed by atoms with Crippen molar-refractivity contribution in [1.29, 1.82) is 0 Å². The van der Waals surface area contributed by atoms with Crippen molar-refractivity contribution in [3.63, 3.8) is 0 Å². The van der Waals surface area contributed by atoms with Gasteiger partial charge in [0.05, 0.1) is 12.4 Å². The Hall–Kier alpha value is -2.01. The van der Waals surface area contributed by atoms with E-state index in [2.05, 4.69) is 51.0 Å². The van der Waals surface area contributed by atoms with Crippen molar-refractivity contribution in [2.24, 2.45) is 11.8 Å². The van der Waals surface area contributed by atoms with Crippen LogP contribution in [0.4, 0.5) is 10.3 Å². The number of nitrogens with zero attached hydrogens (tertiary/aromatic N) is 4. The SMILES string of the molecule is Cc1ccccc1C1CC2CC(N3CCN(c4ncc(F)cn4)CC3)CC2C1. The molecule has 0 amide bonds. The first-order chi connectivity index (χ1) is 13.7. The molecule has 0 spiro atoms. The number of piperazine rings is 1. The molecule has 2 aromatic rings. The Balaban J connectivity index is 1.16. The minimum atomic E-state index is -0.371. The van der Waals surface area contributed by atoms with Crippen LogP contribution in [0.15, 0.2) is 36.7 Å². The number of benzene rings is 1. The Morgan fingerprint density at radius 2 is 1.54 bits per heavy atom. The van der Waals surface area contributed by atoms with Crippen molar-refractivity contribution in [2.75, 3.05) is 31.1 Å². The van der Waals surface area contributed by atoms with Crippen molar-refractivity contribution in [1.82, 2.24) is 14.9 Å². The van der Waals surface area contributed by atoms with Crippen LogP contribution >= 0.6 is 0 Å². The molecular formula is C23H29FN4. The second-order valence-electron chi connectivity index (χ2n) is 8.89. The number of fused-ring (bicyclic) bond motifs is 1. The van der Waals surface area contributed by atoms with Gasteiger partial charge in [-0.05, 0) is 61.5 Å². The zero-order valence-corrected chi connectivity index (χ0v) is 16.6. The van der Waals surface area contributed by atoms with Crippen LogP contribution in [0.3, 0.4) is 0 Å². The summed E-state index contributed by atoms with van der Waals surface area (Å²) in [6.07, 6.45) is 7.99. The van der Waals surface area contributed by atoms with Crippen LogP contribution in [0, 0.1) is 24.6 Å². The molecule has 2 heterocycles. The lowest BCUT2D eigenvalue weighted by Crippen LogP contribution is -2.50. The van der Waals surface area contributed by atoms with Gasteiger partial charge in [0, 0.05) is 32.2 Å². The molecule has 0 N–H and O–H groups in total. The minimum Gasteiger partial charge on any atom is -0.338 e. The zero-order chi connectivity index (χ0) is 19.1. The molecule has 5 rings (SSSR count). The molecular weight excluding hydrogens is 351 g/mol. The number of aryl methyl sites for hydroxylation is 1. The largest absolute Gasteiger partial charge is 0.338 e. The van der Waals surface area contributed by atoms with Crippen LogP contribution in [-0.2, 0) is 0 Å². The van der Waals surface area contributed by atoms with Gasteiger partial charge in [0.2, 0.25) is 5.95 Å². The summed E-state index contributed by atoms with van der Waals surface area (Å²) >= 11 is 0. The summed E-state index contributed by atoms with van der Waals surface area (Å²) in [6.45, 7) is 6.25. The summed E-state index contributed by atoms with van der Waals surface area (Å²) in [5, 5.41) is 0. The van der Waals surface area contributed by atoms with Gasteiger partial charge in [-0.15, -0.1) is 0 Å². The third-order valence-corrected chi connectivity index (χ3v) is 7.34. The Bertz CT molecular complexity index is 802. The van der Waals surface area contributed by atoms with Crippen LogP contribution < -0.4 is 4.90 Å². The van der Waals surface area contributed by atoms with Gasteiger partial charge in [0.15, 0.2) is 5.82 Å². The van der Waals surface area contributed by atoms with Crippen molar-refractivity contribution < 1.29 is 4.39 Å². The van der Waals surface area contributed by atoms with Crippen LogP contribution in [0.25, 0.3) is 0 Å². The molecule has 3 aliphatic rings. The van der Waals surface area contributed by atoms with Crippen molar-refractivity contribution in [3.05, 3.63) is 53.6 Å². The first kappa shape index (κ1) is 18.0. The summed E-state index contributed by atoms with van der Waals surface area (Å²) in [7, 11) is 0. The average Bonchev–Trinajstić information content (AvgIpc) is 3.28. The maximum atomic E-state index is 13.0. The fourth-order valence-electron chi connectivity index (χ4n) is 5.94. The molecule has 2 unspecified atom stereocenters. The van der Waals surface area contributed by atoms with Crippen LogP contribution in [0.2, 0.25) is 0 Å². The summed E-state index contributed by atoms with van der Waals surface area (Å²) in [5.74, 6) is 2.85. The van der Waals surface area contributed by atoms with E-state index in [9.17, 15) is 4.39 Å². The third kappa shape index (κ3) is 3.41. The predicted octanol–water partition coefficient (Wildman–Crippen LogP) is 4.02. The Morgan fingerprint density at radius 3 is 2.18 bits per heavy atom. The van der Waals surface area contributed by atoms with Crippen LogP contribution in [0.5, 0.6) is 0 Å². The number of anilines is 1. The molecule has 3 fully saturated rings. The van der Waals surface area contributed by atoms with Gasteiger partial charge < -0.3 is 4.90 Å². The highest BCUT2D eigenvalue weighted by Gasteiger charge is 2.44. The molecule has 148 valence electrons. The van der Waals surface area contributed by atoms with Crippen LogP contribution in [0.1, 0.15) is 42.7 Å². The lowest BCUT2D eigenvalue weighted by Gasteiger charge is -2.38. The third-order valence-electron chi connectivity index (χ3n) is 7.34. The molecule has 1 saturated heterocycles. The molecule has 2 atom stereocenters. The fourth-order valence-corrected chi connectivity index (χ4v) is 5.94. The quantitative estimate of drug-likeness (QED) is 0.805. The standard InChI is InChI=1S/C23H29FN4/c1-16-4-2-3-5-22(16)19-10-17-12-21(13-18(17)11-19)27-6-8-28(9-7-27)23-25-14-20(24)15-26-23/h2-5,14-15,17-19,21H,6-13H2,1H3. The van der Waals surface area contributed by atoms with Gasteiger partial charge in [0.25, 0.3) is 0 Å². The lowest BCUT2D eigenvalue weighted by molar-refractivity contribution is 0.178. The van der Waals surface area contributed by atoms with Gasteiger partial charge in [-0.1, -0.05) is 24.3 Å². The minimum absolute atomic E-state index is 0.371. The first-order valence-electron chi connectivity index (χ1n) is 10.7. The maximum Gasteiger partial charge on any atom is 0.225 e. The summed E-state index contributed by atoms with van der Waals surface area (Å²) < 4.78 is 13.0. The molecule has 0 radical (unpaired) electrons. The second kappa shape index (κ2) is 7.43. The molecule has 1 aromatic carbocycles.